The molecule has 0 bridgehead atoms. The molecule has 0 amide bonds. The SMILES string of the molecule is Nc1ncc(-c2ccc(-c3ccc(C(=O)O)o3)nc2)cn1. The van der Waals surface area contributed by atoms with E-state index in [1.165, 1.54) is 6.07 Å². The Morgan fingerprint density at radius 3 is 2.29 bits per heavy atom. The minimum absolute atomic E-state index is 0.122. The summed E-state index contributed by atoms with van der Waals surface area (Å²) in [4.78, 5) is 22.8. The highest BCUT2D eigenvalue weighted by molar-refractivity contribution is 5.85. The number of nitrogen functional groups attached to an aromatic ring is 1. The molecule has 21 heavy (non-hydrogen) atoms. The van der Waals surface area contributed by atoms with E-state index in [2.05, 4.69) is 15.0 Å². The van der Waals surface area contributed by atoms with Crippen molar-refractivity contribution in [2.45, 2.75) is 0 Å². The number of hydrogen-bond acceptors (Lipinski definition) is 6. The van der Waals surface area contributed by atoms with Crippen molar-refractivity contribution in [3.8, 4) is 22.6 Å². The van der Waals surface area contributed by atoms with Crippen molar-refractivity contribution in [1.29, 1.82) is 0 Å². The molecule has 3 N–H and O–H groups in total. The van der Waals surface area contributed by atoms with Crippen LogP contribution in [0.1, 0.15) is 10.6 Å². The normalized spacial score (nSPS) is 10.5. The fourth-order valence-electron chi connectivity index (χ4n) is 1.79. The van der Waals surface area contributed by atoms with Crippen molar-refractivity contribution in [1.82, 2.24) is 15.0 Å². The minimum atomic E-state index is -1.11. The number of aromatic nitrogens is 3. The van der Waals surface area contributed by atoms with Crippen LogP contribution in [0.2, 0.25) is 0 Å². The molecule has 0 aromatic carbocycles. The molecular weight excluding hydrogens is 272 g/mol. The summed E-state index contributed by atoms with van der Waals surface area (Å²) in [5.74, 6) is -0.632. The lowest BCUT2D eigenvalue weighted by atomic mass is 10.1. The Bertz CT molecular complexity index is 779. The van der Waals surface area contributed by atoms with Crippen LogP contribution in [0.4, 0.5) is 5.95 Å². The van der Waals surface area contributed by atoms with Crippen LogP contribution < -0.4 is 5.73 Å². The van der Waals surface area contributed by atoms with Gasteiger partial charge >= 0.3 is 5.97 Å². The van der Waals surface area contributed by atoms with Crippen molar-refractivity contribution in [2.75, 3.05) is 5.73 Å². The first-order valence-electron chi connectivity index (χ1n) is 6.01. The lowest BCUT2D eigenvalue weighted by molar-refractivity contribution is 0.0663. The zero-order valence-corrected chi connectivity index (χ0v) is 10.7. The van der Waals surface area contributed by atoms with Crippen LogP contribution >= 0.6 is 0 Å². The molecule has 3 aromatic rings. The second-order valence-electron chi connectivity index (χ2n) is 4.23. The molecule has 3 rings (SSSR count). The number of furan rings is 1. The Morgan fingerprint density at radius 1 is 1.00 bits per heavy atom. The second kappa shape index (κ2) is 5.04. The van der Waals surface area contributed by atoms with Crippen molar-refractivity contribution >= 4 is 11.9 Å². The topological polar surface area (TPSA) is 115 Å². The number of hydrogen-bond donors (Lipinski definition) is 2. The monoisotopic (exact) mass is 282 g/mol. The van der Waals surface area contributed by atoms with E-state index in [0.29, 0.717) is 11.5 Å². The zero-order valence-electron chi connectivity index (χ0n) is 10.7. The molecule has 3 aromatic heterocycles. The van der Waals surface area contributed by atoms with E-state index in [-0.39, 0.29) is 11.7 Å². The van der Waals surface area contributed by atoms with E-state index in [0.717, 1.165) is 11.1 Å². The van der Waals surface area contributed by atoms with Gasteiger partial charge < -0.3 is 15.3 Å². The molecule has 7 nitrogen and oxygen atoms in total. The molecule has 0 aliphatic heterocycles. The second-order valence-corrected chi connectivity index (χ2v) is 4.23. The van der Waals surface area contributed by atoms with E-state index in [1.807, 2.05) is 6.07 Å². The standard InChI is InChI=1S/C14H10N4O3/c15-14-17-6-9(7-18-14)8-1-2-10(16-5-8)11-3-4-12(21-11)13(19)20/h1-7H,(H,19,20)(H2,15,17,18). The highest BCUT2D eigenvalue weighted by atomic mass is 16.4. The lowest BCUT2D eigenvalue weighted by Gasteiger charge is -2.02. The van der Waals surface area contributed by atoms with Crippen LogP contribution in [0.5, 0.6) is 0 Å². The first-order chi connectivity index (χ1) is 10.1. The highest BCUT2D eigenvalue weighted by Crippen LogP contribution is 2.23. The summed E-state index contributed by atoms with van der Waals surface area (Å²) in [7, 11) is 0. The predicted molar refractivity (Wildman–Crippen MR) is 74.3 cm³/mol. The van der Waals surface area contributed by atoms with Crippen molar-refractivity contribution < 1.29 is 14.3 Å². The first kappa shape index (κ1) is 12.8. The van der Waals surface area contributed by atoms with Gasteiger partial charge in [0.25, 0.3) is 0 Å². The van der Waals surface area contributed by atoms with Crippen molar-refractivity contribution in [2.24, 2.45) is 0 Å². The first-order valence-corrected chi connectivity index (χ1v) is 6.01. The maximum atomic E-state index is 10.8. The summed E-state index contributed by atoms with van der Waals surface area (Å²) in [6.45, 7) is 0. The van der Waals surface area contributed by atoms with E-state index in [1.54, 1.807) is 30.7 Å². The van der Waals surface area contributed by atoms with Crippen LogP contribution in [-0.4, -0.2) is 26.0 Å². The number of anilines is 1. The molecule has 0 aliphatic rings. The Labute approximate surface area is 119 Å². The average molecular weight is 282 g/mol. The summed E-state index contributed by atoms with van der Waals surface area (Å²) < 4.78 is 5.19. The quantitative estimate of drug-likeness (QED) is 0.755. The maximum absolute atomic E-state index is 10.8. The molecule has 0 spiro atoms. The van der Waals surface area contributed by atoms with Crippen LogP contribution in [0.15, 0.2) is 47.3 Å². The molecule has 0 saturated carbocycles. The van der Waals surface area contributed by atoms with Gasteiger partial charge in [-0.3, -0.25) is 4.98 Å². The van der Waals surface area contributed by atoms with Crippen LogP contribution in [0.25, 0.3) is 22.6 Å². The van der Waals surface area contributed by atoms with E-state index < -0.39 is 5.97 Å². The molecule has 3 heterocycles. The van der Waals surface area contributed by atoms with E-state index in [9.17, 15) is 4.79 Å². The third-order valence-corrected chi connectivity index (χ3v) is 2.84. The number of nitrogens with two attached hydrogens (primary N) is 1. The van der Waals surface area contributed by atoms with Gasteiger partial charge in [0.05, 0.1) is 0 Å². The van der Waals surface area contributed by atoms with Gasteiger partial charge in [-0.2, -0.15) is 0 Å². The maximum Gasteiger partial charge on any atom is 0.371 e. The van der Waals surface area contributed by atoms with Crippen LogP contribution in [0, 0.1) is 0 Å². The van der Waals surface area contributed by atoms with Gasteiger partial charge in [0, 0.05) is 29.7 Å². The fourth-order valence-corrected chi connectivity index (χ4v) is 1.79. The van der Waals surface area contributed by atoms with Crippen molar-refractivity contribution in [3.05, 3.63) is 48.6 Å². The van der Waals surface area contributed by atoms with Gasteiger partial charge in [-0.25, -0.2) is 14.8 Å². The van der Waals surface area contributed by atoms with Gasteiger partial charge in [0.1, 0.15) is 5.69 Å². The molecular formula is C14H10N4O3. The summed E-state index contributed by atoms with van der Waals surface area (Å²) in [5, 5.41) is 8.82. The fraction of sp³-hybridized carbons (Fsp3) is 0. The molecule has 0 fully saturated rings. The number of nitrogens with zero attached hydrogens (tertiary/aromatic N) is 3. The number of aromatic carboxylic acids is 1. The molecule has 0 atom stereocenters. The molecule has 0 radical (unpaired) electrons. The average Bonchev–Trinajstić information content (AvgIpc) is 2.98. The Hall–Kier alpha value is -3.22. The van der Waals surface area contributed by atoms with Gasteiger partial charge in [-0.05, 0) is 18.2 Å². The molecule has 0 aliphatic carbocycles. The van der Waals surface area contributed by atoms with Gasteiger partial charge in [0.2, 0.25) is 11.7 Å². The highest BCUT2D eigenvalue weighted by Gasteiger charge is 2.11. The largest absolute Gasteiger partial charge is 0.475 e. The molecule has 7 heteroatoms. The van der Waals surface area contributed by atoms with E-state index >= 15 is 0 Å². The minimum Gasteiger partial charge on any atom is -0.475 e. The Kier molecular flexibility index (Phi) is 3.07. The summed E-state index contributed by atoms with van der Waals surface area (Å²) in [6, 6.07) is 6.51. The third kappa shape index (κ3) is 2.57. The smallest absolute Gasteiger partial charge is 0.371 e. The summed E-state index contributed by atoms with van der Waals surface area (Å²) >= 11 is 0. The molecule has 104 valence electrons. The number of rotatable bonds is 3. The van der Waals surface area contributed by atoms with Crippen molar-refractivity contribution in [3.63, 3.8) is 0 Å². The van der Waals surface area contributed by atoms with Gasteiger partial charge in [-0.1, -0.05) is 6.07 Å². The molecule has 0 saturated heterocycles. The zero-order chi connectivity index (χ0) is 14.8. The summed E-state index contributed by atoms with van der Waals surface area (Å²) in [6.07, 6.45) is 4.84. The van der Waals surface area contributed by atoms with Gasteiger partial charge in [0.15, 0.2) is 5.76 Å². The number of carbonyl (C=O) groups is 1. The predicted octanol–water partition coefficient (Wildman–Crippen LogP) is 2.08. The summed E-state index contributed by atoms with van der Waals surface area (Å²) in [5.41, 5.74) is 7.59. The Balaban J connectivity index is 1.89. The number of carboxylic acids is 1. The van der Waals surface area contributed by atoms with E-state index in [4.69, 9.17) is 15.3 Å². The van der Waals surface area contributed by atoms with Crippen LogP contribution in [0.3, 0.4) is 0 Å². The third-order valence-electron chi connectivity index (χ3n) is 2.84. The Morgan fingerprint density at radius 2 is 1.71 bits per heavy atom. The lowest BCUT2D eigenvalue weighted by Crippen LogP contribution is -1.94. The molecule has 0 unspecified atom stereocenters. The number of pyridine rings is 1. The van der Waals surface area contributed by atoms with Crippen LogP contribution in [-0.2, 0) is 0 Å². The van der Waals surface area contributed by atoms with Gasteiger partial charge in [-0.15, -0.1) is 0 Å². The number of carboxylic acid groups (broad SMARTS) is 1.